The molecule has 1 aliphatic rings. The van der Waals surface area contributed by atoms with Gasteiger partial charge in [-0.1, -0.05) is 38.3 Å². The van der Waals surface area contributed by atoms with E-state index >= 15 is 0 Å². The first-order valence-electron chi connectivity index (χ1n) is 8.31. The predicted octanol–water partition coefficient (Wildman–Crippen LogP) is 3.46. The molecule has 1 saturated carbocycles. The Morgan fingerprint density at radius 2 is 2.24 bits per heavy atom. The molecule has 2 unspecified atom stereocenters. The smallest absolute Gasteiger partial charge is 0.119 e. The van der Waals surface area contributed by atoms with Crippen LogP contribution in [-0.2, 0) is 5.60 Å². The van der Waals surface area contributed by atoms with Crippen LogP contribution in [0.15, 0.2) is 24.3 Å². The first kappa shape index (κ1) is 16.3. The second-order valence-electron chi connectivity index (χ2n) is 6.15. The van der Waals surface area contributed by atoms with Crippen LogP contribution in [0.5, 0.6) is 5.75 Å². The van der Waals surface area contributed by atoms with Crippen LogP contribution in [0, 0.1) is 5.92 Å². The second kappa shape index (κ2) is 7.81. The number of rotatable bonds is 7. The number of ether oxygens (including phenoxy) is 1. The molecule has 0 bridgehead atoms. The van der Waals surface area contributed by atoms with E-state index in [0.29, 0.717) is 0 Å². The van der Waals surface area contributed by atoms with E-state index in [0.717, 1.165) is 56.6 Å². The van der Waals surface area contributed by atoms with Crippen LogP contribution < -0.4 is 10.1 Å². The van der Waals surface area contributed by atoms with Crippen molar-refractivity contribution >= 4 is 0 Å². The number of benzene rings is 1. The molecule has 1 aromatic rings. The SMILES string of the molecule is CCCCOc1cccc(C2(O)CCCCC2CNC)c1. The molecular formula is C18H29NO2. The highest BCUT2D eigenvalue weighted by molar-refractivity contribution is 5.33. The Labute approximate surface area is 128 Å². The number of nitrogens with one attached hydrogen (secondary N) is 1. The molecule has 2 N–H and O–H groups in total. The number of hydrogen-bond donors (Lipinski definition) is 2. The lowest BCUT2D eigenvalue weighted by Crippen LogP contribution is -2.42. The number of aliphatic hydroxyl groups is 1. The average molecular weight is 291 g/mol. The third-order valence-corrected chi connectivity index (χ3v) is 4.59. The monoisotopic (exact) mass is 291 g/mol. The third kappa shape index (κ3) is 3.98. The van der Waals surface area contributed by atoms with E-state index in [4.69, 9.17) is 4.74 Å². The van der Waals surface area contributed by atoms with E-state index in [1.54, 1.807) is 0 Å². The van der Waals surface area contributed by atoms with Crippen molar-refractivity contribution in [1.82, 2.24) is 5.32 Å². The quantitative estimate of drug-likeness (QED) is 0.756. The summed E-state index contributed by atoms with van der Waals surface area (Å²) in [6.45, 7) is 3.77. The molecule has 3 heteroatoms. The summed E-state index contributed by atoms with van der Waals surface area (Å²) >= 11 is 0. The van der Waals surface area contributed by atoms with Gasteiger partial charge in [0.15, 0.2) is 0 Å². The van der Waals surface area contributed by atoms with Gasteiger partial charge in [-0.25, -0.2) is 0 Å². The van der Waals surface area contributed by atoms with E-state index in [2.05, 4.69) is 12.2 Å². The summed E-state index contributed by atoms with van der Waals surface area (Å²) in [5.74, 6) is 1.16. The minimum absolute atomic E-state index is 0.280. The van der Waals surface area contributed by atoms with Crippen molar-refractivity contribution in [3.8, 4) is 5.75 Å². The molecule has 0 radical (unpaired) electrons. The number of hydrogen-bond acceptors (Lipinski definition) is 3. The second-order valence-corrected chi connectivity index (χ2v) is 6.15. The fraction of sp³-hybridized carbons (Fsp3) is 0.667. The van der Waals surface area contributed by atoms with Crippen LogP contribution in [0.3, 0.4) is 0 Å². The van der Waals surface area contributed by atoms with Gasteiger partial charge >= 0.3 is 0 Å². The lowest BCUT2D eigenvalue weighted by molar-refractivity contribution is -0.0531. The Balaban J connectivity index is 2.15. The molecule has 2 atom stereocenters. The Kier molecular flexibility index (Phi) is 6.07. The summed E-state index contributed by atoms with van der Waals surface area (Å²) in [6, 6.07) is 8.06. The first-order chi connectivity index (χ1) is 10.2. The Hall–Kier alpha value is -1.06. The molecule has 0 amide bonds. The van der Waals surface area contributed by atoms with E-state index in [1.807, 2.05) is 31.3 Å². The van der Waals surface area contributed by atoms with Gasteiger partial charge in [-0.05, 0) is 44.0 Å². The van der Waals surface area contributed by atoms with Crippen molar-refractivity contribution in [2.24, 2.45) is 5.92 Å². The maximum absolute atomic E-state index is 11.2. The Morgan fingerprint density at radius 1 is 1.38 bits per heavy atom. The zero-order valence-corrected chi connectivity index (χ0v) is 13.4. The van der Waals surface area contributed by atoms with E-state index < -0.39 is 5.60 Å². The van der Waals surface area contributed by atoms with Gasteiger partial charge in [-0.3, -0.25) is 0 Å². The highest BCUT2D eigenvalue weighted by Gasteiger charge is 2.40. The van der Waals surface area contributed by atoms with Crippen LogP contribution >= 0.6 is 0 Å². The van der Waals surface area contributed by atoms with Crippen molar-refractivity contribution in [1.29, 1.82) is 0 Å². The fourth-order valence-corrected chi connectivity index (χ4v) is 3.32. The topological polar surface area (TPSA) is 41.5 Å². The molecule has 1 aromatic carbocycles. The predicted molar refractivity (Wildman–Crippen MR) is 86.6 cm³/mol. The van der Waals surface area contributed by atoms with Crippen molar-refractivity contribution in [3.05, 3.63) is 29.8 Å². The summed E-state index contributed by atoms with van der Waals surface area (Å²) < 4.78 is 5.79. The zero-order valence-electron chi connectivity index (χ0n) is 13.4. The van der Waals surface area contributed by atoms with Crippen molar-refractivity contribution in [2.45, 2.75) is 51.0 Å². The van der Waals surface area contributed by atoms with Gasteiger partial charge in [0, 0.05) is 12.5 Å². The molecule has 21 heavy (non-hydrogen) atoms. The van der Waals surface area contributed by atoms with Crippen LogP contribution in [0.2, 0.25) is 0 Å². The minimum Gasteiger partial charge on any atom is -0.494 e. The van der Waals surface area contributed by atoms with E-state index in [-0.39, 0.29) is 5.92 Å². The van der Waals surface area contributed by atoms with Crippen molar-refractivity contribution in [2.75, 3.05) is 20.2 Å². The molecule has 1 aliphatic carbocycles. The highest BCUT2D eigenvalue weighted by atomic mass is 16.5. The summed E-state index contributed by atoms with van der Waals surface area (Å²) in [5.41, 5.74) is 0.294. The molecule has 0 saturated heterocycles. The molecule has 0 aliphatic heterocycles. The lowest BCUT2D eigenvalue weighted by atomic mass is 9.71. The zero-order chi connectivity index (χ0) is 15.1. The molecule has 0 aromatic heterocycles. The van der Waals surface area contributed by atoms with E-state index in [1.165, 1.54) is 6.42 Å². The number of unbranched alkanes of at least 4 members (excludes halogenated alkanes) is 1. The van der Waals surface area contributed by atoms with Gasteiger partial charge in [0.05, 0.1) is 12.2 Å². The van der Waals surface area contributed by atoms with Gasteiger partial charge in [-0.2, -0.15) is 0 Å². The van der Waals surface area contributed by atoms with Gasteiger partial charge < -0.3 is 15.2 Å². The maximum Gasteiger partial charge on any atom is 0.119 e. The standard InChI is InChI=1S/C18H29NO2/c1-3-4-12-21-17-10-7-9-15(13-17)18(20)11-6-5-8-16(18)14-19-2/h7,9-10,13,16,19-20H,3-6,8,11-12,14H2,1-2H3. The molecule has 2 rings (SSSR count). The van der Waals surface area contributed by atoms with Gasteiger partial charge in [0.25, 0.3) is 0 Å². The van der Waals surface area contributed by atoms with Gasteiger partial charge in [0.2, 0.25) is 0 Å². The summed E-state index contributed by atoms with van der Waals surface area (Å²) in [7, 11) is 1.96. The molecular weight excluding hydrogens is 262 g/mol. The molecule has 0 heterocycles. The van der Waals surface area contributed by atoms with Crippen LogP contribution in [-0.4, -0.2) is 25.3 Å². The lowest BCUT2D eigenvalue weighted by Gasteiger charge is -2.40. The Morgan fingerprint density at radius 3 is 3.00 bits per heavy atom. The van der Waals surface area contributed by atoms with Crippen LogP contribution in [0.4, 0.5) is 0 Å². The minimum atomic E-state index is -0.717. The largest absolute Gasteiger partial charge is 0.494 e. The molecule has 3 nitrogen and oxygen atoms in total. The fourth-order valence-electron chi connectivity index (χ4n) is 3.32. The molecule has 0 spiro atoms. The van der Waals surface area contributed by atoms with Gasteiger partial charge in [0.1, 0.15) is 5.75 Å². The Bertz CT molecular complexity index is 433. The van der Waals surface area contributed by atoms with Gasteiger partial charge in [-0.15, -0.1) is 0 Å². The van der Waals surface area contributed by atoms with Crippen LogP contribution in [0.1, 0.15) is 51.0 Å². The van der Waals surface area contributed by atoms with E-state index in [9.17, 15) is 5.11 Å². The van der Waals surface area contributed by atoms with Crippen molar-refractivity contribution < 1.29 is 9.84 Å². The third-order valence-electron chi connectivity index (χ3n) is 4.59. The molecule has 1 fully saturated rings. The highest BCUT2D eigenvalue weighted by Crippen LogP contribution is 2.42. The van der Waals surface area contributed by atoms with Crippen LogP contribution in [0.25, 0.3) is 0 Å². The average Bonchev–Trinajstić information content (AvgIpc) is 2.51. The summed E-state index contributed by atoms with van der Waals surface area (Å²) in [5, 5.41) is 14.5. The summed E-state index contributed by atoms with van der Waals surface area (Å²) in [6.07, 6.45) is 6.43. The molecule has 118 valence electrons. The normalized spacial score (nSPS) is 25.8. The summed E-state index contributed by atoms with van der Waals surface area (Å²) in [4.78, 5) is 0. The first-order valence-corrected chi connectivity index (χ1v) is 8.31. The maximum atomic E-state index is 11.2. The van der Waals surface area contributed by atoms with Crippen molar-refractivity contribution in [3.63, 3.8) is 0 Å².